The summed E-state index contributed by atoms with van der Waals surface area (Å²) < 4.78 is 3.64. The first kappa shape index (κ1) is 17.8. The lowest BCUT2D eigenvalue weighted by Crippen LogP contribution is -2.13. The Kier molecular flexibility index (Phi) is 4.33. The molecule has 0 spiro atoms. The Morgan fingerprint density at radius 3 is 2.70 bits per heavy atom. The summed E-state index contributed by atoms with van der Waals surface area (Å²) in [6.07, 6.45) is 0. The smallest absolute Gasteiger partial charge is 0.289 e. The number of fused-ring (bicyclic) bond motifs is 2. The van der Waals surface area contributed by atoms with Crippen molar-refractivity contribution in [1.82, 2.24) is 4.57 Å². The van der Waals surface area contributed by atoms with Crippen molar-refractivity contribution in [2.24, 2.45) is 12.0 Å². The average molecular weight is 418 g/mol. The van der Waals surface area contributed by atoms with Crippen LogP contribution in [-0.2, 0) is 7.05 Å². The van der Waals surface area contributed by atoms with Gasteiger partial charge in [-0.2, -0.15) is 4.99 Å². The Balaban J connectivity index is 1.80. The van der Waals surface area contributed by atoms with E-state index in [1.165, 1.54) is 34.8 Å². The zero-order valence-corrected chi connectivity index (χ0v) is 16.6. The van der Waals surface area contributed by atoms with Gasteiger partial charge in [0.2, 0.25) is 0 Å². The molecule has 0 aliphatic rings. The Morgan fingerprint density at radius 1 is 1.19 bits per heavy atom. The van der Waals surface area contributed by atoms with Gasteiger partial charge in [-0.1, -0.05) is 22.9 Å². The summed E-state index contributed by atoms with van der Waals surface area (Å²) in [6.45, 7) is 1.96. The van der Waals surface area contributed by atoms with Crippen molar-refractivity contribution in [2.75, 3.05) is 0 Å². The molecule has 2 aromatic heterocycles. The van der Waals surface area contributed by atoms with E-state index in [0.29, 0.717) is 20.1 Å². The second-order valence-corrected chi connectivity index (χ2v) is 8.55. The minimum absolute atomic E-state index is 0.000465. The number of rotatable bonds is 2. The zero-order valence-electron chi connectivity index (χ0n) is 14.2. The molecule has 2 aromatic carbocycles. The number of non-ortho nitro benzene ring substituents is 1. The maximum Gasteiger partial charge on any atom is 0.289 e. The predicted octanol–water partition coefficient (Wildman–Crippen LogP) is 5.07. The maximum atomic E-state index is 12.7. The summed E-state index contributed by atoms with van der Waals surface area (Å²) in [7, 11) is 1.86. The molecule has 4 rings (SSSR count). The lowest BCUT2D eigenvalue weighted by atomic mass is 10.2. The number of aryl methyl sites for hydroxylation is 2. The number of halogens is 1. The molecule has 0 atom stereocenters. The Morgan fingerprint density at radius 2 is 1.96 bits per heavy atom. The first-order chi connectivity index (χ1) is 12.8. The van der Waals surface area contributed by atoms with Crippen LogP contribution in [0.1, 0.15) is 15.2 Å². The normalized spacial score (nSPS) is 12.2. The van der Waals surface area contributed by atoms with Crippen molar-refractivity contribution >= 4 is 66.2 Å². The molecule has 136 valence electrons. The summed E-state index contributed by atoms with van der Waals surface area (Å²) in [5.41, 5.74) is 2.00. The monoisotopic (exact) mass is 417 g/mol. The van der Waals surface area contributed by atoms with E-state index in [9.17, 15) is 14.9 Å². The fourth-order valence-corrected chi connectivity index (χ4v) is 5.36. The number of aromatic nitrogens is 1. The summed E-state index contributed by atoms with van der Waals surface area (Å²) in [5, 5.41) is 12.2. The summed E-state index contributed by atoms with van der Waals surface area (Å²) in [5.74, 6) is -0.371. The van der Waals surface area contributed by atoms with Crippen LogP contribution in [0.5, 0.6) is 0 Å². The molecule has 0 N–H and O–H groups in total. The van der Waals surface area contributed by atoms with Gasteiger partial charge in [0.1, 0.15) is 0 Å². The van der Waals surface area contributed by atoms with Crippen molar-refractivity contribution in [3.05, 3.63) is 66.8 Å². The topological polar surface area (TPSA) is 77.5 Å². The number of thiophene rings is 1. The van der Waals surface area contributed by atoms with Gasteiger partial charge in [0.25, 0.3) is 11.6 Å². The van der Waals surface area contributed by atoms with E-state index >= 15 is 0 Å². The van der Waals surface area contributed by atoms with Crippen LogP contribution in [0.4, 0.5) is 5.69 Å². The Hall–Kier alpha value is -2.55. The third kappa shape index (κ3) is 3.16. The first-order valence-corrected chi connectivity index (χ1v) is 9.87. The van der Waals surface area contributed by atoms with Crippen LogP contribution in [0.25, 0.3) is 20.3 Å². The number of carbonyl (C=O) groups excluding carboxylic acids is 1. The summed E-state index contributed by atoms with van der Waals surface area (Å²) in [4.78, 5) is 28.4. The molecule has 0 aliphatic heterocycles. The molecule has 1 amide bonds. The van der Waals surface area contributed by atoms with Crippen molar-refractivity contribution in [2.45, 2.75) is 6.92 Å². The van der Waals surface area contributed by atoms with Gasteiger partial charge in [-0.05, 0) is 36.8 Å². The number of amides is 1. The zero-order chi connectivity index (χ0) is 19.3. The van der Waals surface area contributed by atoms with Gasteiger partial charge < -0.3 is 4.57 Å². The molecule has 9 heteroatoms. The fraction of sp³-hybridized carbons (Fsp3) is 0.111. The van der Waals surface area contributed by atoms with Crippen molar-refractivity contribution in [3.8, 4) is 0 Å². The minimum atomic E-state index is -0.451. The van der Waals surface area contributed by atoms with Crippen LogP contribution in [0.15, 0.2) is 41.4 Å². The largest absolute Gasteiger partial charge is 0.319 e. The van der Waals surface area contributed by atoms with Crippen LogP contribution >= 0.6 is 34.3 Å². The van der Waals surface area contributed by atoms with Crippen molar-refractivity contribution < 1.29 is 9.72 Å². The van der Waals surface area contributed by atoms with E-state index in [0.717, 1.165) is 20.5 Å². The number of hydrogen-bond acceptors (Lipinski definition) is 5. The second-order valence-electron chi connectivity index (χ2n) is 6.02. The van der Waals surface area contributed by atoms with E-state index in [2.05, 4.69) is 4.99 Å². The average Bonchev–Trinajstić information content (AvgIpc) is 3.15. The lowest BCUT2D eigenvalue weighted by molar-refractivity contribution is -0.384. The van der Waals surface area contributed by atoms with E-state index < -0.39 is 4.92 Å². The fourth-order valence-electron chi connectivity index (χ4n) is 2.96. The Labute approximate surface area is 166 Å². The molecular formula is C18H12ClN3O3S2. The first-order valence-electron chi connectivity index (χ1n) is 7.86. The third-order valence-corrected chi connectivity index (χ3v) is 6.57. The quantitative estimate of drug-likeness (QED) is 0.337. The molecule has 0 aliphatic carbocycles. The highest BCUT2D eigenvalue weighted by Crippen LogP contribution is 2.29. The number of hydrogen-bond donors (Lipinski definition) is 0. The standard InChI is InChI=1S/C18H12ClN3O3S2/c1-9-5-11(19)8-14-16(9)21(2)18(27-14)20-17(23)15-7-10-6-12(22(24)25)3-4-13(10)26-15/h3-8H,1-2H3. The molecule has 2 heterocycles. The predicted molar refractivity (Wildman–Crippen MR) is 109 cm³/mol. The van der Waals surface area contributed by atoms with Gasteiger partial charge >= 0.3 is 0 Å². The van der Waals surface area contributed by atoms with E-state index in [1.807, 2.05) is 30.7 Å². The molecule has 0 saturated carbocycles. The minimum Gasteiger partial charge on any atom is -0.319 e. The molecule has 0 bridgehead atoms. The van der Waals surface area contributed by atoms with Crippen LogP contribution in [0.2, 0.25) is 5.02 Å². The second kappa shape index (κ2) is 6.56. The molecule has 0 fully saturated rings. The molecular weight excluding hydrogens is 406 g/mol. The van der Waals surface area contributed by atoms with E-state index in [-0.39, 0.29) is 11.6 Å². The molecule has 4 aromatic rings. The van der Waals surface area contributed by atoms with Gasteiger partial charge in [0, 0.05) is 34.3 Å². The van der Waals surface area contributed by atoms with Gasteiger partial charge in [-0.3, -0.25) is 14.9 Å². The summed E-state index contributed by atoms with van der Waals surface area (Å²) in [6, 6.07) is 9.93. The van der Waals surface area contributed by atoms with Crippen molar-refractivity contribution in [3.63, 3.8) is 0 Å². The number of nitro benzene ring substituents is 1. The number of nitro groups is 1. The molecule has 0 saturated heterocycles. The van der Waals surface area contributed by atoms with Gasteiger partial charge in [0.05, 0.1) is 20.0 Å². The molecule has 0 radical (unpaired) electrons. The van der Waals surface area contributed by atoms with Gasteiger partial charge in [-0.25, -0.2) is 0 Å². The van der Waals surface area contributed by atoms with Crippen LogP contribution in [-0.4, -0.2) is 15.4 Å². The summed E-state index contributed by atoms with van der Waals surface area (Å²) >= 11 is 8.79. The van der Waals surface area contributed by atoms with Gasteiger partial charge in [-0.15, -0.1) is 11.3 Å². The lowest BCUT2D eigenvalue weighted by Gasteiger charge is -2.00. The van der Waals surface area contributed by atoms with Gasteiger partial charge in [0.15, 0.2) is 4.80 Å². The number of nitrogens with zero attached hydrogens (tertiary/aromatic N) is 3. The highest BCUT2D eigenvalue weighted by Gasteiger charge is 2.14. The Bertz CT molecular complexity index is 1320. The SMILES string of the molecule is Cc1cc(Cl)cc2sc(=NC(=O)c3cc4cc([N+](=O)[O-])ccc4s3)n(C)c12. The van der Waals surface area contributed by atoms with Crippen LogP contribution < -0.4 is 4.80 Å². The van der Waals surface area contributed by atoms with E-state index in [4.69, 9.17) is 11.6 Å². The number of carbonyl (C=O) groups is 1. The molecule has 0 unspecified atom stereocenters. The van der Waals surface area contributed by atoms with Crippen molar-refractivity contribution in [1.29, 1.82) is 0 Å². The van der Waals surface area contributed by atoms with Crippen LogP contribution in [0, 0.1) is 17.0 Å². The highest BCUT2D eigenvalue weighted by atomic mass is 35.5. The number of thiazole rings is 1. The molecule has 27 heavy (non-hydrogen) atoms. The number of benzene rings is 2. The van der Waals surface area contributed by atoms with E-state index in [1.54, 1.807) is 12.1 Å². The molecule has 6 nitrogen and oxygen atoms in total. The maximum absolute atomic E-state index is 12.7. The van der Waals surface area contributed by atoms with Crippen LogP contribution in [0.3, 0.4) is 0 Å². The highest BCUT2D eigenvalue weighted by molar-refractivity contribution is 7.21. The third-order valence-electron chi connectivity index (χ3n) is 4.17.